The molecule has 2 atom stereocenters. The summed E-state index contributed by atoms with van der Waals surface area (Å²) in [6.45, 7) is 5.48. The molecule has 6 nitrogen and oxygen atoms in total. The van der Waals surface area contributed by atoms with E-state index < -0.39 is 6.10 Å². The van der Waals surface area contributed by atoms with Gasteiger partial charge in [-0.1, -0.05) is 0 Å². The molecule has 3 heterocycles. The molecule has 1 aliphatic heterocycles. The fourth-order valence-electron chi connectivity index (χ4n) is 2.91. The van der Waals surface area contributed by atoms with Crippen LogP contribution in [0, 0.1) is 6.92 Å². The van der Waals surface area contributed by atoms with Crippen LogP contribution in [0.4, 0.5) is 0 Å². The van der Waals surface area contributed by atoms with Crippen LogP contribution in [-0.4, -0.2) is 51.9 Å². The number of aromatic nitrogens is 1. The van der Waals surface area contributed by atoms with Gasteiger partial charge in [0.15, 0.2) is 5.78 Å². The third-order valence-electron chi connectivity index (χ3n) is 4.24. The Morgan fingerprint density at radius 1 is 1.40 bits per heavy atom. The highest BCUT2D eigenvalue weighted by atomic mass is 32.1. The van der Waals surface area contributed by atoms with Crippen molar-refractivity contribution in [2.45, 2.75) is 39.0 Å². The van der Waals surface area contributed by atoms with Crippen molar-refractivity contribution in [3.63, 3.8) is 0 Å². The molecule has 0 radical (unpaired) electrons. The number of thiophene rings is 1. The normalized spacial score (nSPS) is 21.2. The molecule has 1 saturated heterocycles. The average Bonchev–Trinajstić information content (AvgIpc) is 3.19. The molecule has 25 heavy (non-hydrogen) atoms. The molecule has 2 aromatic heterocycles. The number of aliphatic hydroxyl groups is 1. The summed E-state index contributed by atoms with van der Waals surface area (Å²) in [5.74, 6) is -0.286. The summed E-state index contributed by atoms with van der Waals surface area (Å²) < 4.78 is 0. The second-order valence-corrected chi connectivity index (χ2v) is 8.26. The fourth-order valence-corrected chi connectivity index (χ4v) is 4.30. The molecule has 0 aromatic carbocycles. The molecule has 0 bridgehead atoms. The van der Waals surface area contributed by atoms with Gasteiger partial charge in [0.25, 0.3) is 5.91 Å². The zero-order chi connectivity index (χ0) is 18.0. The van der Waals surface area contributed by atoms with E-state index in [0.717, 1.165) is 17.2 Å². The highest BCUT2D eigenvalue weighted by molar-refractivity contribution is 7.12. The molecule has 0 spiro atoms. The number of ketones is 1. The van der Waals surface area contributed by atoms with Gasteiger partial charge in [0, 0.05) is 30.4 Å². The first-order valence-electron chi connectivity index (χ1n) is 8.14. The summed E-state index contributed by atoms with van der Waals surface area (Å²) in [5, 5.41) is 18.0. The van der Waals surface area contributed by atoms with E-state index in [1.807, 2.05) is 12.3 Å². The molecule has 134 valence electrons. The third kappa shape index (κ3) is 4.52. The number of rotatable bonds is 5. The van der Waals surface area contributed by atoms with Gasteiger partial charge in [-0.15, -0.1) is 22.7 Å². The molecule has 1 amide bonds. The number of hydrogen-bond acceptors (Lipinski definition) is 7. The zero-order valence-corrected chi connectivity index (χ0v) is 15.8. The maximum atomic E-state index is 12.3. The first-order chi connectivity index (χ1) is 11.9. The van der Waals surface area contributed by atoms with Gasteiger partial charge in [0.2, 0.25) is 0 Å². The van der Waals surface area contributed by atoms with Crippen LogP contribution in [0.2, 0.25) is 0 Å². The summed E-state index contributed by atoms with van der Waals surface area (Å²) in [6, 6.07) is 1.33. The van der Waals surface area contributed by atoms with Gasteiger partial charge in [-0.3, -0.25) is 14.5 Å². The van der Waals surface area contributed by atoms with Crippen LogP contribution in [-0.2, 0) is 6.54 Å². The van der Waals surface area contributed by atoms with Crippen LogP contribution in [0.25, 0.3) is 0 Å². The Kier molecular flexibility index (Phi) is 5.63. The Morgan fingerprint density at radius 3 is 2.80 bits per heavy atom. The number of aliphatic hydroxyl groups excluding tert-OH is 1. The largest absolute Gasteiger partial charge is 0.390 e. The first kappa shape index (κ1) is 18.2. The number of nitrogens with zero attached hydrogens (tertiary/aromatic N) is 2. The number of hydrogen-bond donors (Lipinski definition) is 2. The molecule has 1 aliphatic rings. The minimum absolute atomic E-state index is 0.0466. The van der Waals surface area contributed by atoms with Crippen LogP contribution >= 0.6 is 22.7 Å². The lowest BCUT2D eigenvalue weighted by Gasteiger charge is -2.35. The average molecular weight is 380 g/mol. The van der Waals surface area contributed by atoms with E-state index in [1.54, 1.807) is 22.8 Å². The van der Waals surface area contributed by atoms with Gasteiger partial charge in [-0.05, 0) is 26.3 Å². The molecule has 3 rings (SSSR count). The molecule has 0 unspecified atom stereocenters. The van der Waals surface area contributed by atoms with E-state index in [1.165, 1.54) is 18.3 Å². The molecule has 2 aromatic rings. The molecule has 0 aliphatic carbocycles. The van der Waals surface area contributed by atoms with E-state index in [2.05, 4.69) is 15.2 Å². The highest BCUT2D eigenvalue weighted by Crippen LogP contribution is 2.18. The van der Waals surface area contributed by atoms with Crippen LogP contribution < -0.4 is 5.32 Å². The number of Topliss-reactive ketones (excluding diaryl/α,β-unsaturated/α-hetero) is 1. The smallest absolute Gasteiger partial charge is 0.252 e. The lowest BCUT2D eigenvalue weighted by molar-refractivity contribution is 0.0346. The lowest BCUT2D eigenvalue weighted by Crippen LogP contribution is -2.53. The zero-order valence-electron chi connectivity index (χ0n) is 14.2. The van der Waals surface area contributed by atoms with Gasteiger partial charge >= 0.3 is 0 Å². The van der Waals surface area contributed by atoms with Crippen LogP contribution in [0.3, 0.4) is 0 Å². The highest BCUT2D eigenvalue weighted by Gasteiger charge is 2.29. The summed E-state index contributed by atoms with van der Waals surface area (Å²) in [7, 11) is 0. The van der Waals surface area contributed by atoms with Gasteiger partial charge in [-0.25, -0.2) is 4.98 Å². The Balaban J connectivity index is 1.54. The van der Waals surface area contributed by atoms with E-state index in [9.17, 15) is 14.7 Å². The minimum atomic E-state index is -0.622. The maximum absolute atomic E-state index is 12.3. The number of likely N-dealkylation sites (tertiary alicyclic amines) is 1. The first-order valence-corrected chi connectivity index (χ1v) is 9.90. The van der Waals surface area contributed by atoms with E-state index in [0.29, 0.717) is 30.0 Å². The predicted molar refractivity (Wildman–Crippen MR) is 98.3 cm³/mol. The van der Waals surface area contributed by atoms with Gasteiger partial charge in [0.05, 0.1) is 33.3 Å². The Morgan fingerprint density at radius 2 is 2.20 bits per heavy atom. The minimum Gasteiger partial charge on any atom is -0.390 e. The van der Waals surface area contributed by atoms with Crippen molar-refractivity contribution in [2.24, 2.45) is 0 Å². The number of carbonyl (C=O) groups is 2. The van der Waals surface area contributed by atoms with Crippen LogP contribution in [0.5, 0.6) is 0 Å². The number of piperidine rings is 1. The van der Waals surface area contributed by atoms with Crippen molar-refractivity contribution in [3.05, 3.63) is 38.0 Å². The Bertz CT molecular complexity index is 771. The third-order valence-corrected chi connectivity index (χ3v) is 6.10. The maximum Gasteiger partial charge on any atom is 0.252 e. The standard InChI is InChI=1S/C17H21N3O3S2/c1-10(21)16-5-12(8-25-16)17(23)19-14-3-4-20(7-15(14)22)6-13-9-24-11(2)18-13/h5,8-9,14-15,22H,3-4,6-7H2,1-2H3,(H,19,23)/t14-,15-/m1/s1. The van der Waals surface area contributed by atoms with Crippen molar-refractivity contribution >= 4 is 34.4 Å². The predicted octanol–water partition coefficient (Wildman–Crippen LogP) is 2.08. The summed E-state index contributed by atoms with van der Waals surface area (Å²) in [5.41, 5.74) is 1.50. The van der Waals surface area contributed by atoms with E-state index in [4.69, 9.17) is 0 Å². The van der Waals surface area contributed by atoms with Crippen molar-refractivity contribution in [1.29, 1.82) is 0 Å². The second-order valence-electron chi connectivity index (χ2n) is 6.28. The van der Waals surface area contributed by atoms with E-state index in [-0.39, 0.29) is 17.7 Å². The van der Waals surface area contributed by atoms with Crippen molar-refractivity contribution < 1.29 is 14.7 Å². The molecular formula is C17H21N3O3S2. The van der Waals surface area contributed by atoms with Gasteiger partial charge in [-0.2, -0.15) is 0 Å². The van der Waals surface area contributed by atoms with Gasteiger partial charge in [0.1, 0.15) is 0 Å². The monoisotopic (exact) mass is 379 g/mol. The number of β-amino-alcohol motifs (C(OH)–C–C–N with tert-alkyl or cyclic N) is 1. The van der Waals surface area contributed by atoms with Crippen LogP contribution in [0.1, 0.15) is 44.1 Å². The van der Waals surface area contributed by atoms with Crippen molar-refractivity contribution in [2.75, 3.05) is 13.1 Å². The second kappa shape index (κ2) is 7.74. The summed E-state index contributed by atoms with van der Waals surface area (Å²) >= 11 is 2.89. The van der Waals surface area contributed by atoms with Crippen molar-refractivity contribution in [1.82, 2.24) is 15.2 Å². The Hall–Kier alpha value is -1.61. The molecule has 2 N–H and O–H groups in total. The summed E-state index contributed by atoms with van der Waals surface area (Å²) in [4.78, 5) is 30.8. The van der Waals surface area contributed by atoms with E-state index >= 15 is 0 Å². The number of amides is 1. The van der Waals surface area contributed by atoms with Crippen molar-refractivity contribution in [3.8, 4) is 0 Å². The number of aryl methyl sites for hydroxylation is 1. The molecular weight excluding hydrogens is 358 g/mol. The van der Waals surface area contributed by atoms with Gasteiger partial charge < -0.3 is 10.4 Å². The SMILES string of the molecule is CC(=O)c1cc(C(=O)N[C@@H]2CCN(Cc3csc(C)n3)C[C@H]2O)cs1. The topological polar surface area (TPSA) is 82.5 Å². The fraction of sp³-hybridized carbons (Fsp3) is 0.471. The Labute approximate surface area is 154 Å². The summed E-state index contributed by atoms with van der Waals surface area (Å²) in [6.07, 6.45) is 0.0584. The van der Waals surface area contributed by atoms with Crippen LogP contribution in [0.15, 0.2) is 16.8 Å². The molecule has 8 heteroatoms. The molecule has 1 fully saturated rings. The number of thiazole rings is 1. The molecule has 0 saturated carbocycles. The number of nitrogens with one attached hydrogen (secondary N) is 1. The number of carbonyl (C=O) groups excluding carboxylic acids is 2. The lowest BCUT2D eigenvalue weighted by atomic mass is 10.0. The quantitative estimate of drug-likeness (QED) is 0.778.